The summed E-state index contributed by atoms with van der Waals surface area (Å²) in [5.41, 5.74) is 2.82. The van der Waals surface area contributed by atoms with Crippen LogP contribution in [0.15, 0.2) is 41.8 Å². The Hall–Kier alpha value is -1.16. The van der Waals surface area contributed by atoms with E-state index in [-0.39, 0.29) is 0 Å². The van der Waals surface area contributed by atoms with Gasteiger partial charge >= 0.3 is 0 Å². The van der Waals surface area contributed by atoms with Gasteiger partial charge < -0.3 is 4.90 Å². The molecule has 0 amide bonds. The highest BCUT2D eigenvalue weighted by atomic mass is 32.1. The van der Waals surface area contributed by atoms with Crippen molar-refractivity contribution in [1.82, 2.24) is 9.80 Å². The molecule has 1 aliphatic heterocycles. The van der Waals surface area contributed by atoms with Crippen molar-refractivity contribution in [3.05, 3.63) is 47.3 Å². The molecule has 1 aliphatic rings. The van der Waals surface area contributed by atoms with Gasteiger partial charge in [0, 0.05) is 37.6 Å². The Morgan fingerprint density at radius 1 is 1.00 bits per heavy atom. The molecule has 0 N–H and O–H groups in total. The van der Waals surface area contributed by atoms with E-state index in [2.05, 4.69) is 58.6 Å². The molecule has 1 aromatic heterocycles. The maximum absolute atomic E-state index is 2.56. The van der Waals surface area contributed by atoms with E-state index < -0.39 is 0 Å². The van der Waals surface area contributed by atoms with Crippen molar-refractivity contribution in [3.63, 3.8) is 0 Å². The van der Waals surface area contributed by atoms with Crippen LogP contribution < -0.4 is 0 Å². The van der Waals surface area contributed by atoms with Crippen molar-refractivity contribution in [1.29, 1.82) is 0 Å². The third-order valence-electron chi connectivity index (χ3n) is 3.77. The molecular weight excluding hydrogens is 252 g/mol. The fourth-order valence-electron chi connectivity index (χ4n) is 2.55. The van der Waals surface area contributed by atoms with Crippen LogP contribution in [0.2, 0.25) is 0 Å². The smallest absolute Gasteiger partial charge is 0.0387 e. The van der Waals surface area contributed by atoms with Crippen LogP contribution in [0.3, 0.4) is 0 Å². The van der Waals surface area contributed by atoms with Crippen LogP contribution in [0.5, 0.6) is 0 Å². The number of benzene rings is 1. The molecule has 0 spiro atoms. The third-order valence-corrected chi connectivity index (χ3v) is 4.78. The summed E-state index contributed by atoms with van der Waals surface area (Å²) < 4.78 is 0. The van der Waals surface area contributed by atoms with E-state index >= 15 is 0 Å². The molecule has 0 unspecified atom stereocenters. The average molecular weight is 272 g/mol. The molecule has 3 rings (SSSR count). The Morgan fingerprint density at radius 3 is 2.47 bits per heavy atom. The van der Waals surface area contributed by atoms with Crippen molar-refractivity contribution >= 4 is 11.3 Å². The topological polar surface area (TPSA) is 6.48 Å². The second-order valence-corrected chi connectivity index (χ2v) is 6.14. The Bertz CT molecular complexity index is 513. The lowest BCUT2D eigenvalue weighted by Gasteiger charge is -2.32. The summed E-state index contributed by atoms with van der Waals surface area (Å²) >= 11 is 1.85. The highest BCUT2D eigenvalue weighted by molar-refractivity contribution is 7.13. The Labute approximate surface area is 119 Å². The first-order chi connectivity index (χ1) is 9.33. The quantitative estimate of drug-likeness (QED) is 0.847. The van der Waals surface area contributed by atoms with Gasteiger partial charge in [0.25, 0.3) is 0 Å². The lowest BCUT2D eigenvalue weighted by molar-refractivity contribution is 0.148. The van der Waals surface area contributed by atoms with Crippen LogP contribution in [0.25, 0.3) is 10.4 Å². The Morgan fingerprint density at radius 2 is 1.74 bits per heavy atom. The van der Waals surface area contributed by atoms with Gasteiger partial charge in [-0.25, -0.2) is 0 Å². The van der Waals surface area contributed by atoms with Gasteiger partial charge in [-0.05, 0) is 29.6 Å². The fraction of sp³-hybridized carbons (Fsp3) is 0.375. The lowest BCUT2D eigenvalue weighted by Crippen LogP contribution is -2.43. The van der Waals surface area contributed by atoms with Gasteiger partial charge in [0.15, 0.2) is 0 Å². The maximum Gasteiger partial charge on any atom is 0.0387 e. The number of nitrogens with zero attached hydrogens (tertiary/aromatic N) is 2. The minimum Gasteiger partial charge on any atom is -0.304 e. The minimum atomic E-state index is 1.08. The molecule has 3 heteroatoms. The van der Waals surface area contributed by atoms with Crippen molar-refractivity contribution in [2.45, 2.75) is 6.54 Å². The van der Waals surface area contributed by atoms with E-state index in [1.54, 1.807) is 0 Å². The summed E-state index contributed by atoms with van der Waals surface area (Å²) in [5, 5.41) is 2.22. The average Bonchev–Trinajstić information content (AvgIpc) is 2.90. The zero-order valence-corrected chi connectivity index (χ0v) is 12.2. The van der Waals surface area contributed by atoms with E-state index in [0.717, 1.165) is 6.54 Å². The van der Waals surface area contributed by atoms with Crippen molar-refractivity contribution in [3.8, 4) is 10.4 Å². The Balaban J connectivity index is 1.74. The summed E-state index contributed by atoms with van der Waals surface area (Å²) in [4.78, 5) is 6.40. The van der Waals surface area contributed by atoms with E-state index in [9.17, 15) is 0 Å². The van der Waals surface area contributed by atoms with Gasteiger partial charge in [-0.3, -0.25) is 4.90 Å². The summed E-state index contributed by atoms with van der Waals surface area (Å²) in [5.74, 6) is 0. The summed E-state index contributed by atoms with van der Waals surface area (Å²) in [7, 11) is 2.21. The number of rotatable bonds is 3. The van der Waals surface area contributed by atoms with Crippen LogP contribution in [0, 0.1) is 0 Å². The molecule has 1 saturated heterocycles. The summed E-state index contributed by atoms with van der Waals surface area (Å²) in [6, 6.07) is 13.0. The largest absolute Gasteiger partial charge is 0.304 e. The van der Waals surface area contributed by atoms with Crippen molar-refractivity contribution < 1.29 is 0 Å². The van der Waals surface area contributed by atoms with Crippen LogP contribution in [-0.4, -0.2) is 43.0 Å². The first-order valence-corrected chi connectivity index (χ1v) is 7.73. The van der Waals surface area contributed by atoms with E-state index in [0.29, 0.717) is 0 Å². The van der Waals surface area contributed by atoms with Gasteiger partial charge in [-0.1, -0.05) is 30.3 Å². The Kier molecular flexibility index (Phi) is 3.97. The van der Waals surface area contributed by atoms with Gasteiger partial charge in [-0.2, -0.15) is 0 Å². The standard InChI is InChI=1S/C16H20N2S/c1-17-8-10-18(11-9-17)13-15-7-12-19-16(15)14-5-3-2-4-6-14/h2-7,12H,8-11,13H2,1H3. The zero-order chi connectivity index (χ0) is 13.1. The molecule has 0 radical (unpaired) electrons. The monoisotopic (exact) mass is 272 g/mol. The van der Waals surface area contributed by atoms with Gasteiger partial charge in [0.2, 0.25) is 0 Å². The van der Waals surface area contributed by atoms with E-state index in [1.807, 2.05) is 11.3 Å². The second kappa shape index (κ2) is 5.87. The summed E-state index contributed by atoms with van der Waals surface area (Å²) in [6.45, 7) is 5.82. The molecule has 19 heavy (non-hydrogen) atoms. The maximum atomic E-state index is 2.56. The SMILES string of the molecule is CN1CCN(Cc2ccsc2-c2ccccc2)CC1. The fourth-order valence-corrected chi connectivity index (χ4v) is 3.47. The van der Waals surface area contributed by atoms with Gasteiger partial charge in [0.05, 0.1) is 0 Å². The van der Waals surface area contributed by atoms with Crippen LogP contribution in [0.4, 0.5) is 0 Å². The predicted molar refractivity (Wildman–Crippen MR) is 82.5 cm³/mol. The normalized spacial score (nSPS) is 17.7. The number of hydrogen-bond donors (Lipinski definition) is 0. The molecule has 0 aliphatic carbocycles. The van der Waals surface area contributed by atoms with Gasteiger partial charge in [-0.15, -0.1) is 11.3 Å². The summed E-state index contributed by atoms with van der Waals surface area (Å²) in [6.07, 6.45) is 0. The molecule has 2 aromatic rings. The third kappa shape index (κ3) is 3.06. The molecule has 0 atom stereocenters. The molecule has 0 saturated carbocycles. The molecule has 100 valence electrons. The minimum absolute atomic E-state index is 1.08. The number of likely N-dealkylation sites (N-methyl/N-ethyl adjacent to an activating group) is 1. The second-order valence-electron chi connectivity index (χ2n) is 5.22. The predicted octanol–water partition coefficient (Wildman–Crippen LogP) is 3.16. The number of piperazine rings is 1. The molecule has 1 fully saturated rings. The van der Waals surface area contributed by atoms with Crippen molar-refractivity contribution in [2.24, 2.45) is 0 Å². The molecule has 1 aromatic carbocycles. The van der Waals surface area contributed by atoms with Crippen LogP contribution in [0.1, 0.15) is 5.56 Å². The number of thiophene rings is 1. The lowest BCUT2D eigenvalue weighted by atomic mass is 10.1. The van der Waals surface area contributed by atoms with Crippen molar-refractivity contribution in [2.75, 3.05) is 33.2 Å². The molecule has 0 bridgehead atoms. The molecular formula is C16H20N2S. The van der Waals surface area contributed by atoms with Gasteiger partial charge in [0.1, 0.15) is 0 Å². The van der Waals surface area contributed by atoms with Crippen LogP contribution >= 0.6 is 11.3 Å². The zero-order valence-electron chi connectivity index (χ0n) is 11.4. The first kappa shape index (κ1) is 12.9. The van der Waals surface area contributed by atoms with E-state index in [4.69, 9.17) is 0 Å². The van der Waals surface area contributed by atoms with E-state index in [1.165, 1.54) is 42.2 Å². The highest BCUT2D eigenvalue weighted by Gasteiger charge is 2.16. The first-order valence-electron chi connectivity index (χ1n) is 6.85. The highest BCUT2D eigenvalue weighted by Crippen LogP contribution is 2.30. The number of hydrogen-bond acceptors (Lipinski definition) is 3. The molecule has 2 nitrogen and oxygen atoms in total. The molecule has 2 heterocycles. The van der Waals surface area contributed by atoms with Crippen LogP contribution in [-0.2, 0) is 6.54 Å².